The number of carbonyl (C=O) groups is 3. The number of hydrogen-bond donors (Lipinski definition) is 0. The Kier molecular flexibility index (Phi) is 6.20. The molecule has 1 aliphatic carbocycles. The maximum atomic E-state index is 13.5. The molecule has 0 amide bonds. The van der Waals surface area contributed by atoms with Crippen molar-refractivity contribution >= 4 is 28.9 Å². The zero-order chi connectivity index (χ0) is 21.8. The van der Waals surface area contributed by atoms with Crippen molar-refractivity contribution in [1.29, 1.82) is 0 Å². The average molecular weight is 412 g/mol. The Morgan fingerprint density at radius 1 is 0.700 bits per heavy atom. The monoisotopic (exact) mass is 412 g/mol. The Bertz CT molecular complexity index is 978. The van der Waals surface area contributed by atoms with Crippen molar-refractivity contribution in [3.63, 3.8) is 0 Å². The number of rotatable bonds is 6. The molecule has 0 saturated heterocycles. The van der Waals surface area contributed by atoms with Gasteiger partial charge in [0.25, 0.3) is 0 Å². The average Bonchev–Trinajstić information content (AvgIpc) is 3.02. The molecule has 0 bridgehead atoms. The van der Waals surface area contributed by atoms with Gasteiger partial charge in [-0.3, -0.25) is 4.79 Å². The highest BCUT2D eigenvalue weighted by atomic mass is 19.1. The third-order valence-electron chi connectivity index (χ3n) is 4.43. The van der Waals surface area contributed by atoms with E-state index in [0.29, 0.717) is 11.1 Å². The zero-order valence-electron chi connectivity index (χ0n) is 16.3. The molecular weight excluding hydrogens is 394 g/mol. The third-order valence-corrected chi connectivity index (χ3v) is 4.43. The normalized spacial score (nSPS) is 13.7. The summed E-state index contributed by atoms with van der Waals surface area (Å²) in [6.07, 6.45) is 0. The van der Waals surface area contributed by atoms with Crippen molar-refractivity contribution in [3.05, 3.63) is 82.4 Å². The van der Waals surface area contributed by atoms with Gasteiger partial charge in [0, 0.05) is 11.1 Å². The number of Topliss-reactive ketones (excluding diaryl/α,β-unsaturated/α-hetero) is 1. The van der Waals surface area contributed by atoms with E-state index in [9.17, 15) is 23.2 Å². The summed E-state index contributed by atoms with van der Waals surface area (Å²) in [7, 11) is 0. The SMILES string of the molecule is CCOC(=O)C1=C(c2ccc(F)cc2)C(c2ccc(F)cc2)=C(C(=O)OCC)C1=O. The number of esters is 2. The van der Waals surface area contributed by atoms with Crippen molar-refractivity contribution in [2.45, 2.75) is 13.8 Å². The molecule has 0 radical (unpaired) electrons. The molecule has 2 aromatic carbocycles. The lowest BCUT2D eigenvalue weighted by Gasteiger charge is -2.12. The van der Waals surface area contributed by atoms with Crippen LogP contribution in [0.3, 0.4) is 0 Å². The summed E-state index contributed by atoms with van der Waals surface area (Å²) in [5, 5.41) is 0. The molecule has 0 N–H and O–H groups in total. The molecule has 0 aromatic heterocycles. The molecule has 0 saturated carbocycles. The van der Waals surface area contributed by atoms with Crippen LogP contribution in [0, 0.1) is 11.6 Å². The van der Waals surface area contributed by atoms with E-state index in [2.05, 4.69) is 0 Å². The smallest absolute Gasteiger partial charge is 0.342 e. The fourth-order valence-corrected chi connectivity index (χ4v) is 3.21. The minimum atomic E-state index is -0.916. The largest absolute Gasteiger partial charge is 0.462 e. The standard InChI is InChI=1S/C23H18F2O5/c1-3-29-22(27)19-17(13-5-9-15(24)10-6-13)18(14-7-11-16(25)12-8-14)20(21(19)26)23(28)30-4-2/h5-12H,3-4H2,1-2H3. The van der Waals surface area contributed by atoms with Gasteiger partial charge >= 0.3 is 11.9 Å². The maximum absolute atomic E-state index is 13.5. The van der Waals surface area contributed by atoms with Crippen LogP contribution >= 0.6 is 0 Å². The molecule has 1 aliphatic rings. The van der Waals surface area contributed by atoms with Gasteiger partial charge in [0.15, 0.2) is 0 Å². The molecule has 0 aliphatic heterocycles. The number of ketones is 1. The topological polar surface area (TPSA) is 69.7 Å². The number of allylic oxidation sites excluding steroid dienone is 2. The zero-order valence-corrected chi connectivity index (χ0v) is 16.3. The Morgan fingerprint density at radius 3 is 1.33 bits per heavy atom. The van der Waals surface area contributed by atoms with Crippen LogP contribution in [-0.4, -0.2) is 30.9 Å². The van der Waals surface area contributed by atoms with Gasteiger partial charge in [0.05, 0.1) is 13.2 Å². The van der Waals surface area contributed by atoms with E-state index in [1.807, 2.05) is 0 Å². The number of ether oxygens (including phenoxy) is 2. The quantitative estimate of drug-likeness (QED) is 0.532. The van der Waals surface area contributed by atoms with Crippen molar-refractivity contribution in [2.24, 2.45) is 0 Å². The highest BCUT2D eigenvalue weighted by Crippen LogP contribution is 2.43. The fourth-order valence-electron chi connectivity index (χ4n) is 3.21. The molecule has 0 heterocycles. The van der Waals surface area contributed by atoms with Gasteiger partial charge in [-0.1, -0.05) is 24.3 Å². The molecule has 30 heavy (non-hydrogen) atoms. The van der Waals surface area contributed by atoms with E-state index < -0.39 is 29.4 Å². The van der Waals surface area contributed by atoms with Gasteiger partial charge in [0.2, 0.25) is 5.78 Å². The predicted octanol–water partition coefficient (Wildman–Crippen LogP) is 3.88. The van der Waals surface area contributed by atoms with Gasteiger partial charge in [0.1, 0.15) is 22.8 Å². The molecular formula is C23H18F2O5. The summed E-state index contributed by atoms with van der Waals surface area (Å²) in [6.45, 7) is 3.17. The molecule has 7 heteroatoms. The van der Waals surface area contributed by atoms with Crippen molar-refractivity contribution in [1.82, 2.24) is 0 Å². The molecule has 5 nitrogen and oxygen atoms in total. The third kappa shape index (κ3) is 3.91. The Labute approximate surface area is 171 Å². The predicted molar refractivity (Wildman–Crippen MR) is 105 cm³/mol. The van der Waals surface area contributed by atoms with Crippen LogP contribution in [-0.2, 0) is 23.9 Å². The van der Waals surface area contributed by atoms with Crippen LogP contribution in [0.1, 0.15) is 25.0 Å². The Hall–Kier alpha value is -3.61. The summed E-state index contributed by atoms with van der Waals surface area (Å²) in [5.74, 6) is -3.72. The van der Waals surface area contributed by atoms with E-state index in [1.165, 1.54) is 48.5 Å². The van der Waals surface area contributed by atoms with Crippen LogP contribution in [0.25, 0.3) is 11.1 Å². The number of hydrogen-bond acceptors (Lipinski definition) is 5. The van der Waals surface area contributed by atoms with Crippen molar-refractivity contribution < 1.29 is 32.6 Å². The minimum absolute atomic E-state index is 0.00688. The summed E-state index contributed by atoms with van der Waals surface area (Å²) in [6, 6.07) is 10.2. The lowest BCUT2D eigenvalue weighted by Crippen LogP contribution is -2.20. The molecule has 0 fully saturated rings. The second-order valence-corrected chi connectivity index (χ2v) is 6.28. The molecule has 0 spiro atoms. The fraction of sp³-hybridized carbons (Fsp3) is 0.174. The minimum Gasteiger partial charge on any atom is -0.462 e. The summed E-state index contributed by atoms with van der Waals surface area (Å²) < 4.78 is 37.1. The van der Waals surface area contributed by atoms with Gasteiger partial charge < -0.3 is 9.47 Å². The molecule has 154 valence electrons. The van der Waals surface area contributed by atoms with Gasteiger partial charge in [-0.15, -0.1) is 0 Å². The highest BCUT2D eigenvalue weighted by molar-refractivity contribution is 6.47. The highest BCUT2D eigenvalue weighted by Gasteiger charge is 2.42. The van der Waals surface area contributed by atoms with Crippen LogP contribution in [0.4, 0.5) is 8.78 Å². The van der Waals surface area contributed by atoms with Gasteiger partial charge in [-0.05, 0) is 49.2 Å². The van der Waals surface area contributed by atoms with E-state index in [-0.39, 0.29) is 35.5 Å². The molecule has 0 unspecified atom stereocenters. The van der Waals surface area contributed by atoms with E-state index in [1.54, 1.807) is 13.8 Å². The van der Waals surface area contributed by atoms with E-state index >= 15 is 0 Å². The molecule has 0 atom stereocenters. The Morgan fingerprint density at radius 2 is 1.03 bits per heavy atom. The van der Waals surface area contributed by atoms with Crippen LogP contribution in [0.15, 0.2) is 59.7 Å². The summed E-state index contributed by atoms with van der Waals surface area (Å²) in [4.78, 5) is 38.5. The second kappa shape index (κ2) is 8.82. The maximum Gasteiger partial charge on any atom is 0.342 e. The summed E-state index contributed by atoms with van der Waals surface area (Å²) in [5.41, 5.74) is 0.149. The first kappa shape index (κ1) is 21.1. The first-order valence-corrected chi connectivity index (χ1v) is 9.28. The van der Waals surface area contributed by atoms with Crippen LogP contribution < -0.4 is 0 Å². The molecule has 3 rings (SSSR count). The lowest BCUT2D eigenvalue weighted by molar-refractivity contribution is -0.140. The van der Waals surface area contributed by atoms with E-state index in [4.69, 9.17) is 9.47 Å². The Balaban J connectivity index is 2.34. The van der Waals surface area contributed by atoms with Crippen LogP contribution in [0.2, 0.25) is 0 Å². The van der Waals surface area contributed by atoms with Gasteiger partial charge in [-0.25, -0.2) is 18.4 Å². The number of carbonyl (C=O) groups excluding carboxylic acids is 3. The molecule has 2 aromatic rings. The van der Waals surface area contributed by atoms with Gasteiger partial charge in [-0.2, -0.15) is 0 Å². The van der Waals surface area contributed by atoms with Crippen molar-refractivity contribution in [2.75, 3.05) is 13.2 Å². The first-order valence-electron chi connectivity index (χ1n) is 9.28. The van der Waals surface area contributed by atoms with Crippen LogP contribution in [0.5, 0.6) is 0 Å². The summed E-state index contributed by atoms with van der Waals surface area (Å²) >= 11 is 0. The lowest BCUT2D eigenvalue weighted by atomic mass is 9.91. The van der Waals surface area contributed by atoms with Crippen molar-refractivity contribution in [3.8, 4) is 0 Å². The van der Waals surface area contributed by atoms with E-state index in [0.717, 1.165) is 0 Å². The number of benzene rings is 2. The second-order valence-electron chi connectivity index (χ2n) is 6.28. The number of halogens is 2. The first-order chi connectivity index (χ1) is 14.4.